The van der Waals surface area contributed by atoms with E-state index in [9.17, 15) is 5.11 Å². The van der Waals surface area contributed by atoms with E-state index in [4.69, 9.17) is 14.2 Å². The van der Waals surface area contributed by atoms with Crippen molar-refractivity contribution in [2.75, 3.05) is 20.8 Å². The molecule has 0 aliphatic heterocycles. The summed E-state index contributed by atoms with van der Waals surface area (Å²) < 4.78 is 15.7. The molecule has 0 aromatic heterocycles. The van der Waals surface area contributed by atoms with Crippen molar-refractivity contribution in [3.05, 3.63) is 23.8 Å². The van der Waals surface area contributed by atoms with Crippen LogP contribution in [0.3, 0.4) is 0 Å². The van der Waals surface area contributed by atoms with Crippen LogP contribution >= 0.6 is 0 Å². The Balaban J connectivity index is 2.91. The molecule has 0 radical (unpaired) electrons. The fourth-order valence-electron chi connectivity index (χ4n) is 1.66. The molecule has 2 unspecified atom stereocenters. The summed E-state index contributed by atoms with van der Waals surface area (Å²) in [5.74, 6) is 1.25. The number of benzene rings is 1. The monoisotopic (exact) mass is 240 g/mol. The lowest BCUT2D eigenvalue weighted by molar-refractivity contribution is -0.0228. The zero-order valence-electron chi connectivity index (χ0n) is 10.8. The molecule has 4 nitrogen and oxygen atoms in total. The molecule has 1 aromatic carbocycles. The summed E-state index contributed by atoms with van der Waals surface area (Å²) in [7, 11) is 3.15. The van der Waals surface area contributed by atoms with Gasteiger partial charge in [0.1, 0.15) is 6.10 Å². The maximum absolute atomic E-state index is 10.1. The third-order valence-corrected chi connectivity index (χ3v) is 2.62. The predicted octanol–water partition coefficient (Wildman–Crippen LogP) is 2.16. The standard InChI is InChI=1S/C13H20O4/c1-5-17-9(2)13(14)10-6-7-11(15-3)12(8-10)16-4/h6-9,13-14H,5H2,1-4H3. The topological polar surface area (TPSA) is 47.9 Å². The van der Waals surface area contributed by atoms with Gasteiger partial charge in [0.2, 0.25) is 0 Å². The second-order valence-electron chi connectivity index (χ2n) is 3.72. The lowest BCUT2D eigenvalue weighted by Gasteiger charge is -2.20. The maximum Gasteiger partial charge on any atom is 0.161 e. The lowest BCUT2D eigenvalue weighted by Crippen LogP contribution is -2.18. The van der Waals surface area contributed by atoms with Gasteiger partial charge in [-0.15, -0.1) is 0 Å². The van der Waals surface area contributed by atoms with E-state index in [2.05, 4.69) is 0 Å². The Morgan fingerprint density at radius 1 is 1.18 bits per heavy atom. The highest BCUT2D eigenvalue weighted by Gasteiger charge is 2.18. The molecule has 0 spiro atoms. The van der Waals surface area contributed by atoms with Crippen molar-refractivity contribution in [1.82, 2.24) is 0 Å². The zero-order valence-corrected chi connectivity index (χ0v) is 10.8. The van der Waals surface area contributed by atoms with Gasteiger partial charge in [-0.2, -0.15) is 0 Å². The molecule has 96 valence electrons. The highest BCUT2D eigenvalue weighted by atomic mass is 16.5. The van der Waals surface area contributed by atoms with E-state index in [-0.39, 0.29) is 6.10 Å². The van der Waals surface area contributed by atoms with E-state index in [0.717, 1.165) is 5.56 Å². The second kappa shape index (κ2) is 6.47. The third-order valence-electron chi connectivity index (χ3n) is 2.62. The van der Waals surface area contributed by atoms with Crippen LogP contribution in [-0.2, 0) is 4.74 Å². The molecule has 1 aromatic rings. The van der Waals surface area contributed by atoms with Crippen molar-refractivity contribution in [2.24, 2.45) is 0 Å². The second-order valence-corrected chi connectivity index (χ2v) is 3.72. The van der Waals surface area contributed by atoms with Gasteiger partial charge in [-0.25, -0.2) is 0 Å². The average molecular weight is 240 g/mol. The van der Waals surface area contributed by atoms with E-state index in [1.165, 1.54) is 0 Å². The molecule has 1 rings (SSSR count). The highest BCUT2D eigenvalue weighted by molar-refractivity contribution is 5.43. The van der Waals surface area contributed by atoms with Crippen LogP contribution in [0.5, 0.6) is 11.5 Å². The van der Waals surface area contributed by atoms with E-state index < -0.39 is 6.10 Å². The number of methoxy groups -OCH3 is 2. The van der Waals surface area contributed by atoms with Crippen molar-refractivity contribution in [3.8, 4) is 11.5 Å². The molecule has 0 aliphatic carbocycles. The van der Waals surface area contributed by atoms with E-state index >= 15 is 0 Å². The fourth-order valence-corrected chi connectivity index (χ4v) is 1.66. The Hall–Kier alpha value is -1.26. The van der Waals surface area contributed by atoms with E-state index in [1.807, 2.05) is 19.9 Å². The largest absolute Gasteiger partial charge is 0.493 e. The van der Waals surface area contributed by atoms with Crippen LogP contribution in [0.4, 0.5) is 0 Å². The van der Waals surface area contributed by atoms with Crippen LogP contribution in [0, 0.1) is 0 Å². The van der Waals surface area contributed by atoms with Crippen LogP contribution in [-0.4, -0.2) is 32.0 Å². The van der Waals surface area contributed by atoms with Crippen LogP contribution in [0.1, 0.15) is 25.5 Å². The maximum atomic E-state index is 10.1. The normalized spacial score (nSPS) is 14.2. The molecule has 0 fully saturated rings. The molecule has 2 atom stereocenters. The zero-order chi connectivity index (χ0) is 12.8. The molecule has 0 bridgehead atoms. The minimum atomic E-state index is -0.672. The van der Waals surface area contributed by atoms with Gasteiger partial charge in [0, 0.05) is 6.61 Å². The third kappa shape index (κ3) is 3.35. The van der Waals surface area contributed by atoms with Crippen LogP contribution in [0.2, 0.25) is 0 Å². The van der Waals surface area contributed by atoms with Crippen LogP contribution in [0.25, 0.3) is 0 Å². The molecule has 0 saturated heterocycles. The quantitative estimate of drug-likeness (QED) is 0.827. The lowest BCUT2D eigenvalue weighted by atomic mass is 10.0. The molecular formula is C13H20O4. The number of rotatable bonds is 6. The number of hydrogen-bond acceptors (Lipinski definition) is 4. The molecule has 0 saturated carbocycles. The minimum Gasteiger partial charge on any atom is -0.493 e. The number of aliphatic hydroxyl groups excluding tert-OH is 1. The van der Waals surface area contributed by atoms with Gasteiger partial charge in [0.25, 0.3) is 0 Å². The Bertz CT molecular complexity index is 351. The summed E-state index contributed by atoms with van der Waals surface area (Å²) in [6, 6.07) is 5.34. The summed E-state index contributed by atoms with van der Waals surface area (Å²) in [5.41, 5.74) is 0.753. The summed E-state index contributed by atoms with van der Waals surface area (Å²) in [6.07, 6.45) is -0.923. The first-order valence-corrected chi connectivity index (χ1v) is 5.65. The van der Waals surface area contributed by atoms with E-state index in [1.54, 1.807) is 26.4 Å². The summed E-state index contributed by atoms with van der Waals surface area (Å²) in [4.78, 5) is 0. The van der Waals surface area contributed by atoms with Crippen molar-refractivity contribution in [1.29, 1.82) is 0 Å². The van der Waals surface area contributed by atoms with Crippen molar-refractivity contribution >= 4 is 0 Å². The Morgan fingerprint density at radius 3 is 2.35 bits per heavy atom. The van der Waals surface area contributed by atoms with Gasteiger partial charge in [-0.1, -0.05) is 6.07 Å². The molecule has 0 aliphatic rings. The number of hydrogen-bond donors (Lipinski definition) is 1. The number of ether oxygens (including phenoxy) is 3. The summed E-state index contributed by atoms with van der Waals surface area (Å²) >= 11 is 0. The molecular weight excluding hydrogens is 220 g/mol. The minimum absolute atomic E-state index is 0.252. The van der Waals surface area contributed by atoms with Crippen LogP contribution in [0.15, 0.2) is 18.2 Å². The van der Waals surface area contributed by atoms with Gasteiger partial charge in [0.05, 0.1) is 20.3 Å². The first kappa shape index (κ1) is 13.8. The Kier molecular flexibility index (Phi) is 5.25. The molecule has 1 N–H and O–H groups in total. The molecule has 0 heterocycles. The van der Waals surface area contributed by atoms with Gasteiger partial charge < -0.3 is 19.3 Å². The smallest absolute Gasteiger partial charge is 0.161 e. The van der Waals surface area contributed by atoms with Crippen molar-refractivity contribution in [2.45, 2.75) is 26.1 Å². The average Bonchev–Trinajstić information content (AvgIpc) is 2.37. The van der Waals surface area contributed by atoms with Gasteiger partial charge in [-0.3, -0.25) is 0 Å². The van der Waals surface area contributed by atoms with Gasteiger partial charge in [0.15, 0.2) is 11.5 Å². The number of aliphatic hydroxyl groups is 1. The first-order chi connectivity index (χ1) is 8.13. The predicted molar refractivity (Wildman–Crippen MR) is 65.6 cm³/mol. The van der Waals surface area contributed by atoms with E-state index in [0.29, 0.717) is 18.1 Å². The first-order valence-electron chi connectivity index (χ1n) is 5.65. The summed E-state index contributed by atoms with van der Waals surface area (Å²) in [6.45, 7) is 4.31. The Labute approximate surface area is 102 Å². The van der Waals surface area contributed by atoms with Crippen LogP contribution < -0.4 is 9.47 Å². The summed E-state index contributed by atoms with van der Waals surface area (Å²) in [5, 5.41) is 10.1. The van der Waals surface area contributed by atoms with Crippen molar-refractivity contribution in [3.63, 3.8) is 0 Å². The molecule has 0 amide bonds. The highest BCUT2D eigenvalue weighted by Crippen LogP contribution is 2.31. The fraction of sp³-hybridized carbons (Fsp3) is 0.538. The Morgan fingerprint density at radius 2 is 1.82 bits per heavy atom. The van der Waals surface area contributed by atoms with Crippen molar-refractivity contribution < 1.29 is 19.3 Å². The van der Waals surface area contributed by atoms with Gasteiger partial charge in [-0.05, 0) is 31.5 Å². The SMILES string of the molecule is CCOC(C)C(O)c1ccc(OC)c(OC)c1. The molecule has 4 heteroatoms. The molecule has 17 heavy (non-hydrogen) atoms. The van der Waals surface area contributed by atoms with Gasteiger partial charge >= 0.3 is 0 Å².